The molecule has 0 aliphatic rings. The summed E-state index contributed by atoms with van der Waals surface area (Å²) >= 11 is 0. The monoisotopic (exact) mass is 267 g/mol. The number of aromatic nitrogens is 2. The highest BCUT2D eigenvalue weighted by molar-refractivity contribution is 5.95. The van der Waals surface area contributed by atoms with Crippen LogP contribution in [0.15, 0.2) is 54.9 Å². The van der Waals surface area contributed by atoms with Crippen LogP contribution in [0.1, 0.15) is 5.56 Å². The summed E-state index contributed by atoms with van der Waals surface area (Å²) in [6, 6.07) is 12.7. The third kappa shape index (κ3) is 2.33. The first-order valence-corrected chi connectivity index (χ1v) is 6.23. The lowest BCUT2D eigenvalue weighted by Gasteiger charge is -2.03. The second-order valence-corrected chi connectivity index (χ2v) is 4.46. The molecule has 2 aromatic heterocycles. The molecule has 2 heterocycles. The van der Waals surface area contributed by atoms with E-state index in [4.69, 9.17) is 0 Å². The summed E-state index contributed by atoms with van der Waals surface area (Å²) < 4.78 is 1.04. The fourth-order valence-corrected chi connectivity index (χ4v) is 2.17. The highest BCUT2D eigenvalue weighted by Crippen LogP contribution is 2.20. The number of para-hydroxylation sites is 1. The molecule has 1 aromatic carbocycles. The number of hydrogen-bond donors (Lipinski definition) is 2. The average Bonchev–Trinajstić information content (AvgIpc) is 2.77. The van der Waals surface area contributed by atoms with Crippen LogP contribution in [0.4, 0.5) is 5.82 Å². The number of nitrogens with zero attached hydrogens (tertiary/aromatic N) is 2. The van der Waals surface area contributed by atoms with Gasteiger partial charge in [0.05, 0.1) is 11.9 Å². The van der Waals surface area contributed by atoms with Crippen molar-refractivity contribution >= 4 is 22.6 Å². The van der Waals surface area contributed by atoms with Gasteiger partial charge in [0.2, 0.25) is 5.91 Å². The first-order chi connectivity index (χ1) is 9.74. The van der Waals surface area contributed by atoms with Crippen LogP contribution < -0.4 is 5.32 Å². The number of amides is 1. The van der Waals surface area contributed by atoms with Crippen LogP contribution in [-0.2, 0) is 11.2 Å². The lowest BCUT2D eigenvalue weighted by Crippen LogP contribution is -2.14. The largest absolute Gasteiger partial charge is 0.428 e. The number of nitrogens with one attached hydrogen (secondary N) is 1. The quantitative estimate of drug-likeness (QED) is 0.716. The van der Waals surface area contributed by atoms with Crippen LogP contribution in [0.3, 0.4) is 0 Å². The van der Waals surface area contributed by atoms with Crippen molar-refractivity contribution < 1.29 is 10.0 Å². The lowest BCUT2D eigenvalue weighted by atomic mass is 10.1. The van der Waals surface area contributed by atoms with Gasteiger partial charge in [-0.3, -0.25) is 4.79 Å². The Balaban J connectivity index is 1.81. The van der Waals surface area contributed by atoms with E-state index in [-0.39, 0.29) is 12.3 Å². The maximum absolute atomic E-state index is 12.0. The highest BCUT2D eigenvalue weighted by atomic mass is 16.5. The van der Waals surface area contributed by atoms with Crippen LogP contribution in [0.5, 0.6) is 0 Å². The Kier molecular flexibility index (Phi) is 3.09. The van der Waals surface area contributed by atoms with Crippen LogP contribution >= 0.6 is 0 Å². The normalized spacial score (nSPS) is 10.6. The molecule has 0 saturated heterocycles. The Morgan fingerprint density at radius 2 is 2.00 bits per heavy atom. The lowest BCUT2D eigenvalue weighted by molar-refractivity contribution is -0.115. The fourth-order valence-electron chi connectivity index (χ4n) is 2.17. The van der Waals surface area contributed by atoms with Crippen molar-refractivity contribution in [3.63, 3.8) is 0 Å². The zero-order valence-corrected chi connectivity index (χ0v) is 10.7. The van der Waals surface area contributed by atoms with Gasteiger partial charge in [-0.25, -0.2) is 4.98 Å². The van der Waals surface area contributed by atoms with Crippen LogP contribution in [0, 0.1) is 0 Å². The zero-order chi connectivity index (χ0) is 13.9. The average molecular weight is 267 g/mol. The molecule has 0 saturated carbocycles. The van der Waals surface area contributed by atoms with Gasteiger partial charge in [0.25, 0.3) is 0 Å². The smallest absolute Gasteiger partial charge is 0.230 e. The third-order valence-electron chi connectivity index (χ3n) is 3.06. The summed E-state index contributed by atoms with van der Waals surface area (Å²) in [6.07, 6.45) is 3.36. The van der Waals surface area contributed by atoms with E-state index < -0.39 is 0 Å². The van der Waals surface area contributed by atoms with E-state index >= 15 is 0 Å². The minimum absolute atomic E-state index is 0.167. The number of benzene rings is 1. The molecule has 5 heteroatoms. The molecule has 0 spiro atoms. The summed E-state index contributed by atoms with van der Waals surface area (Å²) in [6.45, 7) is 0. The topological polar surface area (TPSA) is 67.2 Å². The van der Waals surface area contributed by atoms with Gasteiger partial charge >= 0.3 is 0 Å². The van der Waals surface area contributed by atoms with Gasteiger partial charge in [-0.05, 0) is 23.8 Å². The molecule has 0 fully saturated rings. The first-order valence-electron chi connectivity index (χ1n) is 6.23. The van der Waals surface area contributed by atoms with Crippen LogP contribution in [-0.4, -0.2) is 20.8 Å². The van der Waals surface area contributed by atoms with E-state index in [2.05, 4.69) is 10.3 Å². The molecular formula is C15H13N3O2. The predicted octanol–water partition coefficient (Wildman–Crippen LogP) is 2.45. The molecule has 0 radical (unpaired) electrons. The summed E-state index contributed by atoms with van der Waals surface area (Å²) in [7, 11) is 0. The molecular weight excluding hydrogens is 254 g/mol. The number of carbonyl (C=O) groups is 1. The minimum Gasteiger partial charge on any atom is -0.428 e. The van der Waals surface area contributed by atoms with E-state index in [0.717, 1.165) is 15.7 Å². The second-order valence-electron chi connectivity index (χ2n) is 4.46. The van der Waals surface area contributed by atoms with Crippen LogP contribution in [0.2, 0.25) is 0 Å². The molecule has 5 nitrogen and oxygen atoms in total. The Morgan fingerprint density at radius 1 is 1.20 bits per heavy atom. The Bertz CT molecular complexity index is 750. The maximum atomic E-state index is 12.0. The van der Waals surface area contributed by atoms with E-state index in [1.165, 1.54) is 0 Å². The molecule has 20 heavy (non-hydrogen) atoms. The standard InChI is InChI=1S/C15H13N3O2/c19-15(17-14-7-3-4-8-16-14)9-11-10-18(20)13-6-2-1-5-12(11)13/h1-8,10,20H,9H2,(H,16,17,19). The van der Waals surface area contributed by atoms with Gasteiger partial charge in [-0.1, -0.05) is 24.3 Å². The van der Waals surface area contributed by atoms with Gasteiger partial charge < -0.3 is 10.5 Å². The van der Waals surface area contributed by atoms with Gasteiger partial charge in [0.15, 0.2) is 0 Å². The van der Waals surface area contributed by atoms with E-state index in [1.807, 2.05) is 24.3 Å². The number of carbonyl (C=O) groups excluding carboxylic acids is 1. The summed E-state index contributed by atoms with van der Waals surface area (Å²) in [4.78, 5) is 16.0. The zero-order valence-electron chi connectivity index (χ0n) is 10.7. The van der Waals surface area contributed by atoms with Crippen molar-refractivity contribution in [2.45, 2.75) is 6.42 Å². The molecule has 0 aliphatic heterocycles. The SMILES string of the molecule is O=C(Cc1cn(O)c2ccccc12)Nc1ccccn1. The molecule has 3 rings (SSSR count). The summed E-state index contributed by atoms with van der Waals surface area (Å²) in [5.41, 5.74) is 1.46. The van der Waals surface area contributed by atoms with Gasteiger partial charge in [0.1, 0.15) is 5.82 Å². The van der Waals surface area contributed by atoms with E-state index in [0.29, 0.717) is 11.3 Å². The molecule has 0 atom stereocenters. The molecule has 1 amide bonds. The second kappa shape index (κ2) is 5.05. The molecule has 0 aliphatic carbocycles. The van der Waals surface area contributed by atoms with Crippen molar-refractivity contribution in [2.75, 3.05) is 5.32 Å². The molecule has 0 bridgehead atoms. The minimum atomic E-state index is -0.167. The Labute approximate surface area is 115 Å². The first kappa shape index (κ1) is 12.2. The number of fused-ring (bicyclic) bond motifs is 1. The molecule has 2 N–H and O–H groups in total. The fraction of sp³-hybridized carbons (Fsp3) is 0.0667. The van der Waals surface area contributed by atoms with Crippen molar-refractivity contribution in [1.82, 2.24) is 9.71 Å². The van der Waals surface area contributed by atoms with Crippen molar-refractivity contribution in [3.05, 3.63) is 60.4 Å². The number of anilines is 1. The number of rotatable bonds is 3. The van der Waals surface area contributed by atoms with Crippen LogP contribution in [0.25, 0.3) is 10.9 Å². The Hall–Kier alpha value is -2.82. The highest BCUT2D eigenvalue weighted by Gasteiger charge is 2.11. The molecule has 0 unspecified atom stereocenters. The summed E-state index contributed by atoms with van der Waals surface area (Å²) in [5, 5.41) is 13.4. The molecule has 3 aromatic rings. The van der Waals surface area contributed by atoms with Gasteiger partial charge in [0, 0.05) is 17.8 Å². The molecule has 100 valence electrons. The summed E-state index contributed by atoms with van der Waals surface area (Å²) in [5.74, 6) is 0.352. The van der Waals surface area contributed by atoms with Crippen molar-refractivity contribution in [1.29, 1.82) is 0 Å². The Morgan fingerprint density at radius 3 is 2.80 bits per heavy atom. The van der Waals surface area contributed by atoms with Crippen molar-refractivity contribution in [2.24, 2.45) is 0 Å². The maximum Gasteiger partial charge on any atom is 0.230 e. The van der Waals surface area contributed by atoms with Gasteiger partial charge in [-0.2, -0.15) is 4.73 Å². The number of pyridine rings is 1. The number of hydrogen-bond acceptors (Lipinski definition) is 3. The predicted molar refractivity (Wildman–Crippen MR) is 75.7 cm³/mol. The third-order valence-corrected chi connectivity index (χ3v) is 3.06. The van der Waals surface area contributed by atoms with E-state index in [1.54, 1.807) is 30.6 Å². The van der Waals surface area contributed by atoms with Gasteiger partial charge in [-0.15, -0.1) is 0 Å². The van der Waals surface area contributed by atoms with E-state index in [9.17, 15) is 10.0 Å². The van der Waals surface area contributed by atoms with Crippen molar-refractivity contribution in [3.8, 4) is 0 Å².